The molecule has 1 N–H and O–H groups in total. The van der Waals surface area contributed by atoms with Crippen LogP contribution in [0.15, 0.2) is 18.3 Å². The zero-order valence-corrected chi connectivity index (χ0v) is 10.2. The fourth-order valence-electron chi connectivity index (χ4n) is 1.55. The van der Waals surface area contributed by atoms with Gasteiger partial charge >= 0.3 is 0 Å². The smallest absolute Gasteiger partial charge is 0.270 e. The lowest BCUT2D eigenvalue weighted by Crippen LogP contribution is -2.38. The minimum absolute atomic E-state index is 0.0171. The number of aliphatic hydroxyl groups is 1. The first-order valence-corrected chi connectivity index (χ1v) is 5.65. The van der Waals surface area contributed by atoms with Crippen molar-refractivity contribution in [3.63, 3.8) is 0 Å². The van der Waals surface area contributed by atoms with Crippen molar-refractivity contribution in [1.29, 1.82) is 0 Å². The van der Waals surface area contributed by atoms with Crippen LogP contribution >= 0.6 is 0 Å². The van der Waals surface area contributed by atoms with Crippen molar-refractivity contribution in [3.8, 4) is 0 Å². The minimum Gasteiger partial charge on any atom is -0.394 e. The second kappa shape index (κ2) is 5.70. The number of rotatable bonds is 5. The number of aliphatic hydroxyl groups excluding tert-OH is 1. The summed E-state index contributed by atoms with van der Waals surface area (Å²) in [6.07, 6.45) is 2.91. The fraction of sp³-hybridized carbons (Fsp3) is 0.583. The zero-order valence-electron chi connectivity index (χ0n) is 10.2. The Morgan fingerprint density at radius 2 is 2.31 bits per heavy atom. The summed E-state index contributed by atoms with van der Waals surface area (Å²) >= 11 is 0. The highest BCUT2D eigenvalue weighted by molar-refractivity contribution is 5.92. The molecule has 0 aliphatic carbocycles. The van der Waals surface area contributed by atoms with Gasteiger partial charge in [-0.2, -0.15) is 0 Å². The molecule has 0 aliphatic heterocycles. The van der Waals surface area contributed by atoms with Crippen molar-refractivity contribution in [2.45, 2.75) is 32.9 Å². The molecule has 0 saturated carbocycles. The van der Waals surface area contributed by atoms with E-state index in [9.17, 15) is 4.79 Å². The van der Waals surface area contributed by atoms with Gasteiger partial charge < -0.3 is 14.6 Å². The standard InChI is InChI=1S/C12H20N2O2/c1-4-7-14-8-5-6-11(14)12(16)13(3)10(2)9-15/h5-6,8,10,15H,4,7,9H2,1-3H3. The summed E-state index contributed by atoms with van der Waals surface area (Å²) in [5.74, 6) is -0.0417. The van der Waals surface area contributed by atoms with Crippen molar-refractivity contribution in [2.24, 2.45) is 0 Å². The average molecular weight is 224 g/mol. The molecule has 0 fully saturated rings. The van der Waals surface area contributed by atoms with Gasteiger partial charge in [0, 0.05) is 19.8 Å². The SMILES string of the molecule is CCCn1cccc1C(=O)N(C)C(C)CO. The first kappa shape index (κ1) is 12.8. The van der Waals surface area contributed by atoms with Gasteiger partial charge in [-0.05, 0) is 25.5 Å². The third-order valence-electron chi connectivity index (χ3n) is 2.76. The number of likely N-dealkylation sites (N-methyl/N-ethyl adjacent to an activating group) is 1. The van der Waals surface area contributed by atoms with Crippen LogP contribution in [0, 0.1) is 0 Å². The molecular formula is C12H20N2O2. The third kappa shape index (κ3) is 2.64. The van der Waals surface area contributed by atoms with Crippen LogP contribution < -0.4 is 0 Å². The fourth-order valence-corrected chi connectivity index (χ4v) is 1.55. The van der Waals surface area contributed by atoms with E-state index in [-0.39, 0.29) is 18.6 Å². The van der Waals surface area contributed by atoms with Crippen molar-refractivity contribution in [2.75, 3.05) is 13.7 Å². The molecule has 90 valence electrons. The Hall–Kier alpha value is -1.29. The van der Waals surface area contributed by atoms with Crippen molar-refractivity contribution in [1.82, 2.24) is 9.47 Å². The van der Waals surface area contributed by atoms with Crippen molar-refractivity contribution < 1.29 is 9.90 Å². The molecule has 0 aromatic carbocycles. The molecule has 1 rings (SSSR count). The molecule has 0 bridgehead atoms. The normalized spacial score (nSPS) is 12.5. The highest BCUT2D eigenvalue weighted by Crippen LogP contribution is 2.08. The molecule has 4 nitrogen and oxygen atoms in total. The number of carbonyl (C=O) groups is 1. The maximum absolute atomic E-state index is 12.1. The second-order valence-corrected chi connectivity index (χ2v) is 4.03. The number of nitrogens with zero attached hydrogens (tertiary/aromatic N) is 2. The molecule has 1 aromatic rings. The molecule has 4 heteroatoms. The second-order valence-electron chi connectivity index (χ2n) is 4.03. The maximum Gasteiger partial charge on any atom is 0.270 e. The molecule has 0 spiro atoms. The quantitative estimate of drug-likeness (QED) is 0.820. The number of aromatic nitrogens is 1. The number of hydrogen-bond donors (Lipinski definition) is 1. The average Bonchev–Trinajstić information content (AvgIpc) is 2.74. The summed E-state index contributed by atoms with van der Waals surface area (Å²) in [4.78, 5) is 13.7. The predicted octanol–water partition coefficient (Wildman–Crippen LogP) is 1.35. The van der Waals surface area contributed by atoms with E-state index in [4.69, 9.17) is 5.11 Å². The summed E-state index contributed by atoms with van der Waals surface area (Å²) in [6, 6.07) is 3.54. The van der Waals surface area contributed by atoms with Gasteiger partial charge in [-0.25, -0.2) is 0 Å². The van der Waals surface area contributed by atoms with Gasteiger partial charge in [0.05, 0.1) is 12.6 Å². The van der Waals surface area contributed by atoms with Gasteiger partial charge in [0.25, 0.3) is 5.91 Å². The first-order chi connectivity index (χ1) is 7.61. The number of aryl methyl sites for hydroxylation is 1. The molecule has 0 aliphatic rings. The van der Waals surface area contributed by atoms with Gasteiger partial charge in [0.1, 0.15) is 5.69 Å². The van der Waals surface area contributed by atoms with Crippen molar-refractivity contribution in [3.05, 3.63) is 24.0 Å². The van der Waals surface area contributed by atoms with Crippen molar-refractivity contribution >= 4 is 5.91 Å². The van der Waals surface area contributed by atoms with Crippen LogP contribution in [0.3, 0.4) is 0 Å². The molecule has 0 saturated heterocycles. The summed E-state index contributed by atoms with van der Waals surface area (Å²) in [5.41, 5.74) is 0.685. The van der Waals surface area contributed by atoms with Gasteiger partial charge in [-0.1, -0.05) is 6.92 Å². The van der Waals surface area contributed by atoms with E-state index in [0.717, 1.165) is 13.0 Å². The summed E-state index contributed by atoms with van der Waals surface area (Å²) in [5, 5.41) is 9.02. The first-order valence-electron chi connectivity index (χ1n) is 5.65. The largest absolute Gasteiger partial charge is 0.394 e. The van der Waals surface area contributed by atoms with E-state index in [2.05, 4.69) is 6.92 Å². The molecule has 1 amide bonds. The lowest BCUT2D eigenvalue weighted by Gasteiger charge is -2.23. The highest BCUT2D eigenvalue weighted by atomic mass is 16.3. The van der Waals surface area contributed by atoms with E-state index in [1.54, 1.807) is 11.9 Å². The van der Waals surface area contributed by atoms with Gasteiger partial charge in [-0.3, -0.25) is 4.79 Å². The maximum atomic E-state index is 12.1. The van der Waals surface area contributed by atoms with Crippen LogP contribution in [0.1, 0.15) is 30.8 Å². The van der Waals surface area contributed by atoms with Gasteiger partial charge in [0.2, 0.25) is 0 Å². The lowest BCUT2D eigenvalue weighted by atomic mass is 10.3. The lowest BCUT2D eigenvalue weighted by molar-refractivity contribution is 0.0671. The minimum atomic E-state index is -0.155. The number of amides is 1. The van der Waals surface area contributed by atoms with Crippen LogP contribution in [0.4, 0.5) is 0 Å². The van der Waals surface area contributed by atoms with E-state index in [1.165, 1.54) is 0 Å². The van der Waals surface area contributed by atoms with Crippen LogP contribution in [0.25, 0.3) is 0 Å². The van der Waals surface area contributed by atoms with Gasteiger partial charge in [0.15, 0.2) is 0 Å². The third-order valence-corrected chi connectivity index (χ3v) is 2.76. The Kier molecular flexibility index (Phi) is 4.55. The number of hydrogen-bond acceptors (Lipinski definition) is 2. The molecule has 1 unspecified atom stereocenters. The van der Waals surface area contributed by atoms with Gasteiger partial charge in [-0.15, -0.1) is 0 Å². The summed E-state index contributed by atoms with van der Waals surface area (Å²) < 4.78 is 1.95. The Bertz CT molecular complexity index is 347. The summed E-state index contributed by atoms with van der Waals surface area (Å²) in [6.45, 7) is 4.73. The van der Waals surface area contributed by atoms with E-state index < -0.39 is 0 Å². The Labute approximate surface area is 96.5 Å². The van der Waals surface area contributed by atoms with Crippen LogP contribution in [0.2, 0.25) is 0 Å². The topological polar surface area (TPSA) is 45.5 Å². The molecule has 0 radical (unpaired) electrons. The molecule has 1 atom stereocenters. The van der Waals surface area contributed by atoms with Crippen LogP contribution in [0.5, 0.6) is 0 Å². The zero-order chi connectivity index (χ0) is 12.1. The molecule has 16 heavy (non-hydrogen) atoms. The Balaban J connectivity index is 2.83. The van der Waals surface area contributed by atoms with E-state index in [1.807, 2.05) is 29.8 Å². The molecule has 1 aromatic heterocycles. The summed E-state index contributed by atoms with van der Waals surface area (Å²) in [7, 11) is 1.71. The Morgan fingerprint density at radius 3 is 2.88 bits per heavy atom. The van der Waals surface area contributed by atoms with E-state index >= 15 is 0 Å². The Morgan fingerprint density at radius 1 is 1.62 bits per heavy atom. The highest BCUT2D eigenvalue weighted by Gasteiger charge is 2.19. The van der Waals surface area contributed by atoms with Crippen LogP contribution in [-0.4, -0.2) is 40.2 Å². The monoisotopic (exact) mass is 224 g/mol. The van der Waals surface area contributed by atoms with E-state index in [0.29, 0.717) is 5.69 Å². The molecular weight excluding hydrogens is 204 g/mol. The number of carbonyl (C=O) groups excluding carboxylic acids is 1. The van der Waals surface area contributed by atoms with Crippen LogP contribution in [-0.2, 0) is 6.54 Å². The molecule has 1 heterocycles. The predicted molar refractivity (Wildman–Crippen MR) is 63.4 cm³/mol.